The molecule has 0 heterocycles. The van der Waals surface area contributed by atoms with Gasteiger partial charge in [-0.05, 0) is 49.4 Å². The minimum Gasteiger partial charge on any atom is -0.397 e. The summed E-state index contributed by atoms with van der Waals surface area (Å²) in [5.41, 5.74) is 10.4. The average molecular weight is 206 g/mol. The van der Waals surface area contributed by atoms with E-state index in [0.717, 1.165) is 23.8 Å². The SMILES string of the molecule is Cc1cc(N)c(NCCC(C)C)cc1C. The predicted octanol–water partition coefficient (Wildman–Crippen LogP) is 3.34. The highest BCUT2D eigenvalue weighted by Crippen LogP contribution is 2.22. The summed E-state index contributed by atoms with van der Waals surface area (Å²) in [5, 5.41) is 3.39. The Hall–Kier alpha value is -1.18. The normalized spacial score (nSPS) is 10.7. The second-order valence-electron chi connectivity index (χ2n) is 4.63. The second kappa shape index (κ2) is 5.06. The van der Waals surface area contributed by atoms with Gasteiger partial charge in [0.05, 0.1) is 11.4 Å². The highest BCUT2D eigenvalue weighted by atomic mass is 14.9. The monoisotopic (exact) mass is 206 g/mol. The molecule has 0 aliphatic carbocycles. The Labute approximate surface area is 92.9 Å². The molecule has 0 atom stereocenters. The number of benzene rings is 1. The van der Waals surface area contributed by atoms with Gasteiger partial charge in [-0.1, -0.05) is 13.8 Å². The Morgan fingerprint density at radius 1 is 1.20 bits per heavy atom. The fraction of sp³-hybridized carbons (Fsp3) is 0.538. The van der Waals surface area contributed by atoms with Crippen LogP contribution in [0.1, 0.15) is 31.4 Å². The lowest BCUT2D eigenvalue weighted by molar-refractivity contribution is 0.607. The molecule has 1 aromatic rings. The summed E-state index contributed by atoms with van der Waals surface area (Å²) in [6.07, 6.45) is 1.17. The molecular formula is C13H22N2. The fourth-order valence-corrected chi connectivity index (χ4v) is 1.49. The van der Waals surface area contributed by atoms with Gasteiger partial charge in [0.15, 0.2) is 0 Å². The number of nitrogens with two attached hydrogens (primary N) is 1. The smallest absolute Gasteiger partial charge is 0.0576 e. The van der Waals surface area contributed by atoms with Crippen LogP contribution >= 0.6 is 0 Å². The Bertz CT molecular complexity index is 330. The van der Waals surface area contributed by atoms with Gasteiger partial charge in [-0.3, -0.25) is 0 Å². The minimum atomic E-state index is 0.727. The van der Waals surface area contributed by atoms with Gasteiger partial charge in [0.2, 0.25) is 0 Å². The third-order valence-electron chi connectivity index (χ3n) is 2.70. The van der Waals surface area contributed by atoms with Crippen LogP contribution in [0.15, 0.2) is 12.1 Å². The van der Waals surface area contributed by atoms with Crippen LogP contribution in [0.3, 0.4) is 0 Å². The maximum atomic E-state index is 5.94. The molecule has 0 spiro atoms. The Kier molecular flexibility index (Phi) is 4.01. The van der Waals surface area contributed by atoms with Crippen molar-refractivity contribution in [1.82, 2.24) is 0 Å². The molecule has 0 aromatic heterocycles. The molecule has 0 radical (unpaired) electrons. The van der Waals surface area contributed by atoms with Crippen molar-refractivity contribution in [3.63, 3.8) is 0 Å². The Morgan fingerprint density at radius 3 is 2.40 bits per heavy atom. The Morgan fingerprint density at radius 2 is 1.80 bits per heavy atom. The summed E-state index contributed by atoms with van der Waals surface area (Å²) in [4.78, 5) is 0. The third kappa shape index (κ3) is 3.46. The zero-order valence-corrected chi connectivity index (χ0v) is 10.2. The lowest BCUT2D eigenvalue weighted by Crippen LogP contribution is -2.07. The van der Waals surface area contributed by atoms with E-state index >= 15 is 0 Å². The van der Waals surface area contributed by atoms with E-state index in [-0.39, 0.29) is 0 Å². The summed E-state index contributed by atoms with van der Waals surface area (Å²) in [5.74, 6) is 0.727. The van der Waals surface area contributed by atoms with Crippen LogP contribution in [0, 0.1) is 19.8 Å². The summed E-state index contributed by atoms with van der Waals surface area (Å²) in [7, 11) is 0. The van der Waals surface area contributed by atoms with Crippen LogP contribution in [-0.2, 0) is 0 Å². The van der Waals surface area contributed by atoms with Crippen LogP contribution < -0.4 is 11.1 Å². The predicted molar refractivity (Wildman–Crippen MR) is 68.3 cm³/mol. The van der Waals surface area contributed by atoms with E-state index in [0.29, 0.717) is 0 Å². The van der Waals surface area contributed by atoms with Crippen molar-refractivity contribution in [2.24, 2.45) is 5.92 Å². The summed E-state index contributed by atoms with van der Waals surface area (Å²) < 4.78 is 0. The summed E-state index contributed by atoms with van der Waals surface area (Å²) in [6.45, 7) is 9.65. The van der Waals surface area contributed by atoms with Gasteiger partial charge in [-0.2, -0.15) is 0 Å². The quantitative estimate of drug-likeness (QED) is 0.741. The number of anilines is 2. The number of hydrogen-bond donors (Lipinski definition) is 2. The fourth-order valence-electron chi connectivity index (χ4n) is 1.49. The van der Waals surface area contributed by atoms with Crippen LogP contribution in [0.25, 0.3) is 0 Å². The first-order chi connectivity index (χ1) is 7.00. The van der Waals surface area contributed by atoms with E-state index < -0.39 is 0 Å². The van der Waals surface area contributed by atoms with Gasteiger partial charge < -0.3 is 11.1 Å². The van der Waals surface area contributed by atoms with E-state index in [1.807, 2.05) is 6.07 Å². The van der Waals surface area contributed by atoms with Crippen molar-refractivity contribution in [2.75, 3.05) is 17.6 Å². The first-order valence-electron chi connectivity index (χ1n) is 5.61. The highest BCUT2D eigenvalue weighted by molar-refractivity contribution is 5.68. The average Bonchev–Trinajstić information content (AvgIpc) is 2.13. The molecule has 0 amide bonds. The van der Waals surface area contributed by atoms with Crippen LogP contribution in [0.4, 0.5) is 11.4 Å². The molecular weight excluding hydrogens is 184 g/mol. The van der Waals surface area contributed by atoms with E-state index in [1.165, 1.54) is 17.5 Å². The van der Waals surface area contributed by atoms with E-state index in [1.54, 1.807) is 0 Å². The lowest BCUT2D eigenvalue weighted by Gasteiger charge is -2.12. The van der Waals surface area contributed by atoms with Crippen LogP contribution in [-0.4, -0.2) is 6.54 Å². The third-order valence-corrected chi connectivity index (χ3v) is 2.70. The number of aryl methyl sites for hydroxylation is 2. The number of hydrogen-bond acceptors (Lipinski definition) is 2. The van der Waals surface area contributed by atoms with Gasteiger partial charge in [-0.15, -0.1) is 0 Å². The molecule has 0 unspecified atom stereocenters. The van der Waals surface area contributed by atoms with Crippen molar-refractivity contribution < 1.29 is 0 Å². The molecule has 2 nitrogen and oxygen atoms in total. The zero-order chi connectivity index (χ0) is 11.4. The van der Waals surface area contributed by atoms with Gasteiger partial charge in [0, 0.05) is 6.54 Å². The van der Waals surface area contributed by atoms with Gasteiger partial charge in [0.1, 0.15) is 0 Å². The maximum Gasteiger partial charge on any atom is 0.0576 e. The van der Waals surface area contributed by atoms with E-state index in [2.05, 4.69) is 39.1 Å². The highest BCUT2D eigenvalue weighted by Gasteiger charge is 2.02. The van der Waals surface area contributed by atoms with Crippen molar-refractivity contribution in [3.8, 4) is 0 Å². The molecule has 0 bridgehead atoms. The molecule has 2 heteroatoms. The molecule has 1 aromatic carbocycles. The standard InChI is InChI=1S/C13H22N2/c1-9(2)5-6-15-13-8-11(4)10(3)7-12(13)14/h7-9,15H,5-6,14H2,1-4H3. The number of nitrogen functional groups attached to an aromatic ring is 1. The maximum absolute atomic E-state index is 5.94. The van der Waals surface area contributed by atoms with Gasteiger partial charge >= 0.3 is 0 Å². The number of nitrogens with one attached hydrogen (secondary N) is 1. The van der Waals surface area contributed by atoms with Crippen molar-refractivity contribution in [3.05, 3.63) is 23.3 Å². The molecule has 0 saturated carbocycles. The summed E-state index contributed by atoms with van der Waals surface area (Å²) >= 11 is 0. The largest absolute Gasteiger partial charge is 0.397 e. The molecule has 0 aliphatic rings. The van der Waals surface area contributed by atoms with E-state index in [9.17, 15) is 0 Å². The molecule has 84 valence electrons. The zero-order valence-electron chi connectivity index (χ0n) is 10.2. The van der Waals surface area contributed by atoms with Crippen molar-refractivity contribution >= 4 is 11.4 Å². The second-order valence-corrected chi connectivity index (χ2v) is 4.63. The van der Waals surface area contributed by atoms with E-state index in [4.69, 9.17) is 5.73 Å². The number of rotatable bonds is 4. The molecule has 3 N–H and O–H groups in total. The topological polar surface area (TPSA) is 38.0 Å². The van der Waals surface area contributed by atoms with Crippen molar-refractivity contribution in [2.45, 2.75) is 34.1 Å². The van der Waals surface area contributed by atoms with Gasteiger partial charge in [0.25, 0.3) is 0 Å². The summed E-state index contributed by atoms with van der Waals surface area (Å²) in [6, 6.07) is 4.16. The minimum absolute atomic E-state index is 0.727. The molecule has 1 rings (SSSR count). The van der Waals surface area contributed by atoms with Crippen LogP contribution in [0.2, 0.25) is 0 Å². The molecule has 0 saturated heterocycles. The van der Waals surface area contributed by atoms with Crippen LogP contribution in [0.5, 0.6) is 0 Å². The molecule has 0 aliphatic heterocycles. The first kappa shape index (κ1) is 11.9. The molecule has 15 heavy (non-hydrogen) atoms. The first-order valence-corrected chi connectivity index (χ1v) is 5.61. The van der Waals surface area contributed by atoms with Crippen molar-refractivity contribution in [1.29, 1.82) is 0 Å². The Balaban J connectivity index is 2.65. The van der Waals surface area contributed by atoms with Gasteiger partial charge in [-0.25, -0.2) is 0 Å². The molecule has 0 fully saturated rings. The lowest BCUT2D eigenvalue weighted by atomic mass is 10.1.